The molecule has 0 radical (unpaired) electrons. The van der Waals surface area contributed by atoms with E-state index in [-0.39, 0.29) is 5.78 Å². The van der Waals surface area contributed by atoms with Crippen molar-refractivity contribution in [1.82, 2.24) is 0 Å². The zero-order valence-corrected chi connectivity index (χ0v) is 10.1. The molecule has 0 aromatic heterocycles. The van der Waals surface area contributed by atoms with E-state index in [1.54, 1.807) is 6.08 Å². The Balaban J connectivity index is 0.000000686. The smallest absolute Gasteiger partial charge is 0.137 e. The maximum absolute atomic E-state index is 12.9. The van der Waals surface area contributed by atoms with Crippen molar-refractivity contribution in [2.45, 2.75) is 33.1 Å². The molecule has 1 aromatic rings. The van der Waals surface area contributed by atoms with Crippen LogP contribution in [0.25, 0.3) is 5.57 Å². The molecule has 3 heteroatoms. The molecule has 1 aromatic carbocycles. The fourth-order valence-corrected chi connectivity index (χ4v) is 1.72. The number of allylic oxidation sites excluding steroid dienone is 2. The molecule has 1 aliphatic carbocycles. The van der Waals surface area contributed by atoms with Crippen molar-refractivity contribution in [1.29, 1.82) is 0 Å². The molecule has 0 atom stereocenters. The van der Waals surface area contributed by atoms with E-state index in [0.29, 0.717) is 24.8 Å². The zero-order chi connectivity index (χ0) is 12.8. The lowest BCUT2D eigenvalue weighted by molar-refractivity contribution is -0.118. The Labute approximate surface area is 100 Å². The highest BCUT2D eigenvalue weighted by atomic mass is 19.1. The van der Waals surface area contributed by atoms with Crippen molar-refractivity contribution in [3.05, 3.63) is 41.5 Å². The van der Waals surface area contributed by atoms with Gasteiger partial charge in [-0.3, -0.25) is 4.79 Å². The fourth-order valence-electron chi connectivity index (χ4n) is 1.72. The lowest BCUT2D eigenvalue weighted by Gasteiger charge is -2.12. The van der Waals surface area contributed by atoms with E-state index in [1.165, 1.54) is 12.1 Å². The van der Waals surface area contributed by atoms with Crippen molar-refractivity contribution < 1.29 is 13.6 Å². The Kier molecular flexibility index (Phi) is 5.01. The molecular weight excluding hydrogens is 222 g/mol. The van der Waals surface area contributed by atoms with Crippen LogP contribution < -0.4 is 0 Å². The van der Waals surface area contributed by atoms with E-state index >= 15 is 0 Å². The second-order valence-electron chi connectivity index (χ2n) is 3.63. The van der Waals surface area contributed by atoms with Crippen molar-refractivity contribution in [2.75, 3.05) is 0 Å². The predicted octanol–water partition coefficient (Wildman–Crippen LogP) is 4.13. The first-order valence-electron chi connectivity index (χ1n) is 5.82. The number of benzene rings is 1. The average Bonchev–Trinajstić information content (AvgIpc) is 2.31. The van der Waals surface area contributed by atoms with Crippen LogP contribution in [0.4, 0.5) is 8.78 Å². The highest BCUT2D eigenvalue weighted by Gasteiger charge is 2.13. The molecule has 0 heterocycles. The van der Waals surface area contributed by atoms with Crippen LogP contribution in [0.3, 0.4) is 0 Å². The van der Waals surface area contributed by atoms with E-state index in [9.17, 15) is 13.6 Å². The summed E-state index contributed by atoms with van der Waals surface area (Å²) in [6.45, 7) is 4.00. The molecule has 0 amide bonds. The summed E-state index contributed by atoms with van der Waals surface area (Å²) in [4.78, 5) is 11.0. The van der Waals surface area contributed by atoms with Crippen LogP contribution in [0.2, 0.25) is 0 Å². The van der Waals surface area contributed by atoms with Crippen LogP contribution in [-0.4, -0.2) is 5.78 Å². The normalized spacial score (nSPS) is 14.8. The van der Waals surface area contributed by atoms with Gasteiger partial charge in [-0.05, 0) is 29.7 Å². The van der Waals surface area contributed by atoms with E-state index < -0.39 is 11.6 Å². The largest absolute Gasteiger partial charge is 0.299 e. The molecule has 0 unspecified atom stereocenters. The molecule has 0 fully saturated rings. The van der Waals surface area contributed by atoms with Crippen LogP contribution >= 0.6 is 0 Å². The third-order valence-electron chi connectivity index (χ3n) is 2.48. The van der Waals surface area contributed by atoms with Gasteiger partial charge in [0.2, 0.25) is 0 Å². The number of Topliss-reactive ketones (excluding diaryl/α,β-unsaturated/α-hetero) is 1. The molecule has 17 heavy (non-hydrogen) atoms. The van der Waals surface area contributed by atoms with Gasteiger partial charge in [-0.1, -0.05) is 19.9 Å². The van der Waals surface area contributed by atoms with Gasteiger partial charge in [0.1, 0.15) is 17.4 Å². The molecular formula is C14H16F2O. The van der Waals surface area contributed by atoms with Gasteiger partial charge in [0.15, 0.2) is 0 Å². The Morgan fingerprint density at radius 1 is 1.00 bits per heavy atom. The minimum atomic E-state index is -0.581. The summed E-state index contributed by atoms with van der Waals surface area (Å²) in [5, 5.41) is 0. The first-order chi connectivity index (χ1) is 8.15. The van der Waals surface area contributed by atoms with Crippen LogP contribution in [0.1, 0.15) is 38.7 Å². The molecule has 2 rings (SSSR count). The summed E-state index contributed by atoms with van der Waals surface area (Å²) >= 11 is 0. The highest BCUT2D eigenvalue weighted by molar-refractivity contribution is 5.86. The van der Waals surface area contributed by atoms with Gasteiger partial charge in [0, 0.05) is 18.9 Å². The standard InChI is InChI=1S/C12H10F2O.C2H6/c13-10-5-9(6-11(14)7-10)8-1-3-12(15)4-2-8;1-2/h1,5-7H,2-4H2;1-2H3. The highest BCUT2D eigenvalue weighted by Crippen LogP contribution is 2.26. The first kappa shape index (κ1) is 13.6. The van der Waals surface area contributed by atoms with E-state index in [1.807, 2.05) is 13.8 Å². The Hall–Kier alpha value is -1.51. The van der Waals surface area contributed by atoms with Gasteiger partial charge in [-0.25, -0.2) is 8.78 Å². The number of rotatable bonds is 1. The van der Waals surface area contributed by atoms with Gasteiger partial charge < -0.3 is 0 Å². The minimum Gasteiger partial charge on any atom is -0.299 e. The van der Waals surface area contributed by atoms with Gasteiger partial charge in [0.05, 0.1) is 0 Å². The Bertz CT molecular complexity index is 416. The zero-order valence-electron chi connectivity index (χ0n) is 10.1. The maximum Gasteiger partial charge on any atom is 0.137 e. The molecule has 92 valence electrons. The van der Waals surface area contributed by atoms with Crippen molar-refractivity contribution in [3.63, 3.8) is 0 Å². The van der Waals surface area contributed by atoms with Crippen LogP contribution in [0.15, 0.2) is 24.3 Å². The summed E-state index contributed by atoms with van der Waals surface area (Å²) in [7, 11) is 0. The summed E-state index contributed by atoms with van der Waals surface area (Å²) in [6, 6.07) is 3.44. The van der Waals surface area contributed by atoms with Crippen LogP contribution in [-0.2, 0) is 4.79 Å². The van der Waals surface area contributed by atoms with E-state index in [0.717, 1.165) is 11.6 Å². The second kappa shape index (κ2) is 6.28. The summed E-state index contributed by atoms with van der Waals surface area (Å²) in [6.07, 6.45) is 3.15. The Morgan fingerprint density at radius 3 is 2.06 bits per heavy atom. The van der Waals surface area contributed by atoms with Crippen molar-refractivity contribution in [3.8, 4) is 0 Å². The van der Waals surface area contributed by atoms with Crippen molar-refractivity contribution in [2.24, 2.45) is 0 Å². The molecule has 0 N–H and O–H groups in total. The van der Waals surface area contributed by atoms with E-state index in [4.69, 9.17) is 0 Å². The third-order valence-corrected chi connectivity index (χ3v) is 2.48. The number of hydrogen-bond donors (Lipinski definition) is 0. The summed E-state index contributed by atoms with van der Waals surface area (Å²) in [5.41, 5.74) is 1.40. The molecule has 0 aliphatic heterocycles. The monoisotopic (exact) mass is 238 g/mol. The SMILES string of the molecule is CC.O=C1CC=C(c2cc(F)cc(F)c2)CC1. The van der Waals surface area contributed by atoms with E-state index in [2.05, 4.69) is 0 Å². The fraction of sp³-hybridized carbons (Fsp3) is 0.357. The molecule has 0 bridgehead atoms. The van der Waals surface area contributed by atoms with Crippen LogP contribution in [0, 0.1) is 11.6 Å². The van der Waals surface area contributed by atoms with Gasteiger partial charge in [-0.15, -0.1) is 0 Å². The third kappa shape index (κ3) is 3.77. The second-order valence-corrected chi connectivity index (χ2v) is 3.63. The number of carbonyl (C=O) groups is 1. The summed E-state index contributed by atoms with van der Waals surface area (Å²) in [5.74, 6) is -0.985. The lowest BCUT2D eigenvalue weighted by Crippen LogP contribution is -2.03. The Morgan fingerprint density at radius 2 is 1.59 bits per heavy atom. The maximum atomic E-state index is 12.9. The van der Waals surface area contributed by atoms with Gasteiger partial charge in [0.25, 0.3) is 0 Å². The minimum absolute atomic E-state index is 0.177. The summed E-state index contributed by atoms with van der Waals surface area (Å²) < 4.78 is 25.9. The molecule has 1 nitrogen and oxygen atoms in total. The molecule has 0 saturated heterocycles. The topological polar surface area (TPSA) is 17.1 Å². The number of hydrogen-bond acceptors (Lipinski definition) is 1. The molecule has 0 saturated carbocycles. The molecule has 1 aliphatic rings. The first-order valence-corrected chi connectivity index (χ1v) is 5.82. The van der Waals surface area contributed by atoms with Gasteiger partial charge in [-0.2, -0.15) is 0 Å². The quantitative estimate of drug-likeness (QED) is 0.719. The molecule has 0 spiro atoms. The van der Waals surface area contributed by atoms with Gasteiger partial charge >= 0.3 is 0 Å². The average molecular weight is 238 g/mol. The number of halogens is 2. The number of ketones is 1. The number of carbonyl (C=O) groups excluding carboxylic acids is 1. The van der Waals surface area contributed by atoms with Crippen LogP contribution in [0.5, 0.6) is 0 Å². The van der Waals surface area contributed by atoms with Crippen molar-refractivity contribution >= 4 is 11.4 Å². The predicted molar refractivity (Wildman–Crippen MR) is 64.5 cm³/mol. The lowest BCUT2D eigenvalue weighted by atomic mass is 9.93.